The number of hydrogen-bond donors (Lipinski definition) is 6. The van der Waals surface area contributed by atoms with Crippen LogP contribution in [0.15, 0.2) is 24.3 Å². The molecule has 0 bridgehead atoms. The number of carbonyl (C=O) groups excluding carboxylic acids is 3. The van der Waals surface area contributed by atoms with E-state index >= 15 is 0 Å². The van der Waals surface area contributed by atoms with E-state index in [2.05, 4.69) is 16.0 Å². The van der Waals surface area contributed by atoms with Gasteiger partial charge in [-0.25, -0.2) is 4.79 Å². The third-order valence-electron chi connectivity index (χ3n) is 4.64. The van der Waals surface area contributed by atoms with Crippen LogP contribution in [0.5, 0.6) is 5.75 Å². The Morgan fingerprint density at radius 1 is 1.06 bits per heavy atom. The standard InChI is InChI=1S/C21H32N4O6S/c1-12(2)18(21(30)31)25-20(29)16(8-9-32-3)24-17(27)11-23-19(28)15(22)10-13-4-6-14(26)7-5-13/h4-7,12,15-16,18,26H,8-11,22H2,1-3H3,(H,23,28)(H,24,27)(H,25,29)(H,30,31). The molecule has 178 valence electrons. The van der Waals surface area contributed by atoms with E-state index in [4.69, 9.17) is 5.73 Å². The van der Waals surface area contributed by atoms with Crippen molar-refractivity contribution in [3.05, 3.63) is 29.8 Å². The number of hydrogen-bond acceptors (Lipinski definition) is 7. The topological polar surface area (TPSA) is 171 Å². The summed E-state index contributed by atoms with van der Waals surface area (Å²) in [6, 6.07) is 3.36. The van der Waals surface area contributed by atoms with E-state index in [1.54, 1.807) is 26.0 Å². The second kappa shape index (κ2) is 13.6. The number of carboxylic acids is 1. The summed E-state index contributed by atoms with van der Waals surface area (Å²) in [5.41, 5.74) is 6.62. The first-order valence-corrected chi connectivity index (χ1v) is 11.6. The molecule has 0 saturated heterocycles. The second-order valence-corrected chi connectivity index (χ2v) is 8.65. The van der Waals surface area contributed by atoms with Gasteiger partial charge in [0.2, 0.25) is 17.7 Å². The Morgan fingerprint density at radius 2 is 1.69 bits per heavy atom. The van der Waals surface area contributed by atoms with Gasteiger partial charge in [0, 0.05) is 0 Å². The van der Waals surface area contributed by atoms with Crippen LogP contribution in [-0.2, 0) is 25.6 Å². The molecule has 1 aromatic carbocycles. The zero-order valence-electron chi connectivity index (χ0n) is 18.5. The average molecular weight is 469 g/mol. The first-order valence-electron chi connectivity index (χ1n) is 10.2. The van der Waals surface area contributed by atoms with Crippen molar-refractivity contribution in [2.75, 3.05) is 18.6 Å². The van der Waals surface area contributed by atoms with E-state index < -0.39 is 41.8 Å². The number of phenols is 1. The van der Waals surface area contributed by atoms with Gasteiger partial charge in [0.15, 0.2) is 0 Å². The highest BCUT2D eigenvalue weighted by molar-refractivity contribution is 7.98. The Bertz CT molecular complexity index is 787. The molecule has 0 aliphatic rings. The van der Waals surface area contributed by atoms with Crippen LogP contribution in [0, 0.1) is 5.92 Å². The molecule has 0 saturated carbocycles. The van der Waals surface area contributed by atoms with E-state index in [0.717, 1.165) is 5.56 Å². The number of aliphatic carboxylic acids is 1. The molecule has 3 atom stereocenters. The summed E-state index contributed by atoms with van der Waals surface area (Å²) >= 11 is 1.48. The van der Waals surface area contributed by atoms with Gasteiger partial charge in [0.1, 0.15) is 17.8 Å². The fourth-order valence-electron chi connectivity index (χ4n) is 2.79. The summed E-state index contributed by atoms with van der Waals surface area (Å²) in [6.07, 6.45) is 2.37. The van der Waals surface area contributed by atoms with Crippen LogP contribution in [0.4, 0.5) is 0 Å². The van der Waals surface area contributed by atoms with E-state index in [9.17, 15) is 29.4 Å². The molecule has 1 rings (SSSR count). The van der Waals surface area contributed by atoms with Crippen LogP contribution in [0.2, 0.25) is 0 Å². The predicted molar refractivity (Wildman–Crippen MR) is 122 cm³/mol. The third-order valence-corrected chi connectivity index (χ3v) is 5.29. The minimum Gasteiger partial charge on any atom is -0.508 e. The molecule has 0 radical (unpaired) electrons. The maximum Gasteiger partial charge on any atom is 0.326 e. The molecule has 7 N–H and O–H groups in total. The van der Waals surface area contributed by atoms with Crippen LogP contribution < -0.4 is 21.7 Å². The summed E-state index contributed by atoms with van der Waals surface area (Å²) in [6.45, 7) is 2.97. The van der Waals surface area contributed by atoms with E-state index in [-0.39, 0.29) is 24.6 Å². The van der Waals surface area contributed by atoms with Gasteiger partial charge in [-0.2, -0.15) is 11.8 Å². The van der Waals surface area contributed by atoms with Crippen molar-refractivity contribution in [3.63, 3.8) is 0 Å². The van der Waals surface area contributed by atoms with Crippen molar-refractivity contribution in [2.24, 2.45) is 11.7 Å². The van der Waals surface area contributed by atoms with E-state index in [1.807, 2.05) is 6.26 Å². The number of nitrogens with two attached hydrogens (primary N) is 1. The van der Waals surface area contributed by atoms with Gasteiger partial charge in [-0.3, -0.25) is 14.4 Å². The highest BCUT2D eigenvalue weighted by atomic mass is 32.2. The minimum absolute atomic E-state index is 0.103. The summed E-state index contributed by atoms with van der Waals surface area (Å²) in [4.78, 5) is 48.4. The predicted octanol–water partition coefficient (Wildman–Crippen LogP) is -0.158. The monoisotopic (exact) mass is 468 g/mol. The summed E-state index contributed by atoms with van der Waals surface area (Å²) in [7, 11) is 0. The molecule has 32 heavy (non-hydrogen) atoms. The van der Waals surface area contributed by atoms with Gasteiger partial charge >= 0.3 is 5.97 Å². The minimum atomic E-state index is -1.15. The molecule has 0 heterocycles. The summed E-state index contributed by atoms with van der Waals surface area (Å²) in [5.74, 6) is -2.53. The average Bonchev–Trinajstić information content (AvgIpc) is 2.73. The van der Waals surface area contributed by atoms with Crippen molar-refractivity contribution >= 4 is 35.5 Å². The molecule has 1 aromatic rings. The smallest absolute Gasteiger partial charge is 0.326 e. The molecular formula is C21H32N4O6S. The number of aromatic hydroxyl groups is 1. The number of amides is 3. The molecule has 0 aromatic heterocycles. The van der Waals surface area contributed by atoms with Crippen molar-refractivity contribution in [3.8, 4) is 5.75 Å². The van der Waals surface area contributed by atoms with Gasteiger partial charge in [0.25, 0.3) is 0 Å². The molecular weight excluding hydrogens is 436 g/mol. The van der Waals surface area contributed by atoms with Crippen molar-refractivity contribution in [1.29, 1.82) is 0 Å². The molecule has 0 spiro atoms. The van der Waals surface area contributed by atoms with Crippen molar-refractivity contribution < 1.29 is 29.4 Å². The van der Waals surface area contributed by atoms with Gasteiger partial charge in [-0.15, -0.1) is 0 Å². The molecule has 3 amide bonds. The maximum absolute atomic E-state index is 12.6. The quantitative estimate of drug-likeness (QED) is 0.232. The lowest BCUT2D eigenvalue weighted by Crippen LogP contribution is -2.55. The lowest BCUT2D eigenvalue weighted by Gasteiger charge is -2.23. The normalized spacial score (nSPS) is 13.7. The molecule has 0 aliphatic carbocycles. The zero-order chi connectivity index (χ0) is 24.3. The first kappa shape index (κ1) is 27.2. The molecule has 0 aliphatic heterocycles. The third kappa shape index (κ3) is 9.56. The van der Waals surface area contributed by atoms with Crippen LogP contribution in [0.3, 0.4) is 0 Å². The lowest BCUT2D eigenvalue weighted by atomic mass is 10.0. The van der Waals surface area contributed by atoms with E-state index in [1.165, 1.54) is 23.9 Å². The second-order valence-electron chi connectivity index (χ2n) is 7.66. The fraction of sp³-hybridized carbons (Fsp3) is 0.524. The number of thioether (sulfide) groups is 1. The van der Waals surface area contributed by atoms with Gasteiger partial charge in [-0.1, -0.05) is 26.0 Å². The van der Waals surface area contributed by atoms with Crippen molar-refractivity contribution in [1.82, 2.24) is 16.0 Å². The maximum atomic E-state index is 12.6. The Balaban J connectivity index is 2.61. The fourth-order valence-corrected chi connectivity index (χ4v) is 3.27. The molecule has 0 fully saturated rings. The van der Waals surface area contributed by atoms with Gasteiger partial charge in [0.05, 0.1) is 12.6 Å². The lowest BCUT2D eigenvalue weighted by molar-refractivity contribution is -0.143. The van der Waals surface area contributed by atoms with Gasteiger partial charge in [-0.05, 0) is 48.5 Å². The van der Waals surface area contributed by atoms with Gasteiger partial charge < -0.3 is 31.9 Å². The van der Waals surface area contributed by atoms with E-state index in [0.29, 0.717) is 12.2 Å². The largest absolute Gasteiger partial charge is 0.508 e. The van der Waals surface area contributed by atoms with Crippen LogP contribution in [0.25, 0.3) is 0 Å². The number of carboxylic acid groups (broad SMARTS) is 1. The highest BCUT2D eigenvalue weighted by Gasteiger charge is 2.28. The van der Waals surface area contributed by atoms with Crippen molar-refractivity contribution in [2.45, 2.75) is 44.8 Å². The molecule has 3 unspecified atom stereocenters. The highest BCUT2D eigenvalue weighted by Crippen LogP contribution is 2.11. The van der Waals surface area contributed by atoms with Crippen LogP contribution in [0.1, 0.15) is 25.8 Å². The Morgan fingerprint density at radius 3 is 2.22 bits per heavy atom. The Kier molecular flexibility index (Phi) is 11.6. The summed E-state index contributed by atoms with van der Waals surface area (Å²) in [5, 5.41) is 26.0. The molecule has 11 heteroatoms. The Labute approximate surface area is 191 Å². The van der Waals surface area contributed by atoms with Crippen LogP contribution in [-0.4, -0.2) is 70.6 Å². The SMILES string of the molecule is CSCCC(NC(=O)CNC(=O)C(N)Cc1ccc(O)cc1)C(=O)NC(C(=O)O)C(C)C. The number of nitrogens with one attached hydrogen (secondary N) is 3. The van der Waals surface area contributed by atoms with Crippen LogP contribution >= 0.6 is 11.8 Å². The number of phenolic OH excluding ortho intramolecular Hbond substituents is 1. The number of carbonyl (C=O) groups is 4. The first-order chi connectivity index (χ1) is 15.0. The summed E-state index contributed by atoms with van der Waals surface area (Å²) < 4.78 is 0. The number of benzene rings is 1. The zero-order valence-corrected chi connectivity index (χ0v) is 19.3. The Hall–Kier alpha value is -2.79. The molecule has 10 nitrogen and oxygen atoms in total. The number of rotatable bonds is 13.